The van der Waals surface area contributed by atoms with Crippen LogP contribution in [0.25, 0.3) is 6.08 Å². The summed E-state index contributed by atoms with van der Waals surface area (Å²) in [5.74, 6) is 1.08. The van der Waals surface area contributed by atoms with E-state index in [0.717, 1.165) is 18.4 Å². The fourth-order valence-corrected chi connectivity index (χ4v) is 3.55. The van der Waals surface area contributed by atoms with Gasteiger partial charge in [-0.05, 0) is 49.2 Å². The van der Waals surface area contributed by atoms with E-state index in [2.05, 4.69) is 6.92 Å². The molecule has 0 N–H and O–H groups in total. The smallest absolute Gasteiger partial charge is 0.216 e. The van der Waals surface area contributed by atoms with Crippen molar-refractivity contribution < 1.29 is 17.9 Å². The van der Waals surface area contributed by atoms with E-state index in [0.29, 0.717) is 23.7 Å². The maximum absolute atomic E-state index is 12.8. The van der Waals surface area contributed by atoms with Crippen LogP contribution in [0.1, 0.15) is 30.9 Å². The molecule has 0 atom stereocenters. The third-order valence-corrected chi connectivity index (χ3v) is 5.65. The second-order valence-electron chi connectivity index (χ2n) is 6.05. The zero-order chi connectivity index (χ0) is 19.9. The molecule has 6 heteroatoms. The Morgan fingerprint density at radius 3 is 2.44 bits per heavy atom. The Hall–Kier alpha value is -2.78. The van der Waals surface area contributed by atoms with Gasteiger partial charge in [-0.25, -0.2) is 8.42 Å². The van der Waals surface area contributed by atoms with E-state index in [1.165, 1.54) is 18.2 Å². The lowest BCUT2D eigenvalue weighted by Crippen LogP contribution is -2.04. The van der Waals surface area contributed by atoms with Crippen molar-refractivity contribution in [3.8, 4) is 17.6 Å². The predicted octanol–water partition coefficient (Wildman–Crippen LogP) is 4.52. The third kappa shape index (κ3) is 5.11. The molecule has 2 rings (SSSR count). The molecule has 0 bridgehead atoms. The lowest BCUT2D eigenvalue weighted by molar-refractivity contribution is 0.288. The van der Waals surface area contributed by atoms with Crippen LogP contribution in [0.15, 0.2) is 52.3 Å². The first-order valence-electron chi connectivity index (χ1n) is 8.66. The van der Waals surface area contributed by atoms with Crippen molar-refractivity contribution in [2.45, 2.75) is 31.6 Å². The summed E-state index contributed by atoms with van der Waals surface area (Å²) >= 11 is 0. The highest BCUT2D eigenvalue weighted by Gasteiger charge is 2.21. The molecule has 0 aromatic heterocycles. The minimum atomic E-state index is -3.89. The highest BCUT2D eigenvalue weighted by atomic mass is 32.2. The number of methoxy groups -OCH3 is 1. The second kappa shape index (κ2) is 9.24. The summed E-state index contributed by atoms with van der Waals surface area (Å²) in [4.78, 5) is -0.232. The molecular weight excluding hydrogens is 362 g/mol. The summed E-state index contributed by atoms with van der Waals surface area (Å²) in [6.07, 6.45) is 3.24. The number of unbranched alkanes of at least 4 members (excludes halogenated alkanes) is 1. The third-order valence-electron chi connectivity index (χ3n) is 3.97. The zero-order valence-electron chi connectivity index (χ0n) is 15.7. The average Bonchev–Trinajstić information content (AvgIpc) is 2.66. The molecule has 0 heterocycles. The SMILES string of the molecule is CCCCOc1cc(C=C(C#N)S(=O)(=O)c2ccc(C)cc2)ccc1OC. The normalized spacial score (nSPS) is 11.7. The van der Waals surface area contributed by atoms with Gasteiger partial charge in [-0.1, -0.05) is 37.1 Å². The van der Waals surface area contributed by atoms with Crippen LogP contribution >= 0.6 is 0 Å². The van der Waals surface area contributed by atoms with Gasteiger partial charge in [-0.2, -0.15) is 5.26 Å². The summed E-state index contributed by atoms with van der Waals surface area (Å²) in [6, 6.07) is 13.3. The molecule has 0 aliphatic heterocycles. The molecule has 27 heavy (non-hydrogen) atoms. The molecule has 142 valence electrons. The van der Waals surface area contributed by atoms with Crippen LogP contribution in [0.4, 0.5) is 0 Å². The van der Waals surface area contributed by atoms with Crippen LogP contribution in [-0.2, 0) is 9.84 Å². The monoisotopic (exact) mass is 385 g/mol. The molecule has 0 fully saturated rings. The number of hydrogen-bond acceptors (Lipinski definition) is 5. The van der Waals surface area contributed by atoms with Gasteiger partial charge in [0.15, 0.2) is 11.5 Å². The standard InChI is InChI=1S/C21H23NO4S/c1-4-5-12-26-21-14-17(8-11-20(21)25-3)13-19(15-22)27(23,24)18-9-6-16(2)7-10-18/h6-11,13-14H,4-5,12H2,1-3H3. The molecule has 2 aromatic carbocycles. The van der Waals surface area contributed by atoms with Crippen LogP contribution in [0.2, 0.25) is 0 Å². The van der Waals surface area contributed by atoms with Crippen LogP contribution < -0.4 is 9.47 Å². The van der Waals surface area contributed by atoms with Gasteiger partial charge in [0.05, 0.1) is 18.6 Å². The molecule has 0 aliphatic carbocycles. The van der Waals surface area contributed by atoms with E-state index in [1.807, 2.05) is 6.92 Å². The summed E-state index contributed by atoms with van der Waals surface area (Å²) in [6.45, 7) is 4.47. The van der Waals surface area contributed by atoms with E-state index < -0.39 is 9.84 Å². The molecule has 0 aliphatic rings. The second-order valence-corrected chi connectivity index (χ2v) is 7.97. The number of hydrogen-bond donors (Lipinski definition) is 0. The molecule has 0 saturated carbocycles. The maximum Gasteiger partial charge on any atom is 0.216 e. The number of allylic oxidation sites excluding steroid dienone is 1. The Balaban J connectivity index is 2.40. The number of rotatable bonds is 8. The van der Waals surface area contributed by atoms with Gasteiger partial charge in [-0.15, -0.1) is 0 Å². The van der Waals surface area contributed by atoms with Gasteiger partial charge in [0.2, 0.25) is 9.84 Å². The Bertz CT molecular complexity index is 955. The van der Waals surface area contributed by atoms with E-state index in [9.17, 15) is 13.7 Å². The number of aryl methyl sites for hydroxylation is 1. The van der Waals surface area contributed by atoms with Gasteiger partial charge >= 0.3 is 0 Å². The number of benzene rings is 2. The molecule has 5 nitrogen and oxygen atoms in total. The van der Waals surface area contributed by atoms with Crippen LogP contribution in [-0.4, -0.2) is 22.1 Å². The van der Waals surface area contributed by atoms with Crippen molar-refractivity contribution in [3.05, 3.63) is 58.5 Å². The van der Waals surface area contributed by atoms with Crippen molar-refractivity contribution in [1.29, 1.82) is 5.26 Å². The van der Waals surface area contributed by atoms with Gasteiger partial charge in [0.1, 0.15) is 11.0 Å². The Kier molecular flexibility index (Phi) is 7.03. The molecular formula is C21H23NO4S. The summed E-state index contributed by atoms with van der Waals surface area (Å²) < 4.78 is 36.5. The lowest BCUT2D eigenvalue weighted by atomic mass is 10.2. The fourth-order valence-electron chi connectivity index (χ4n) is 2.39. The van der Waals surface area contributed by atoms with E-state index in [4.69, 9.17) is 9.47 Å². The highest BCUT2D eigenvalue weighted by Crippen LogP contribution is 2.30. The Labute approximate surface area is 160 Å². The van der Waals surface area contributed by atoms with Crippen molar-refractivity contribution in [3.63, 3.8) is 0 Å². The van der Waals surface area contributed by atoms with Crippen LogP contribution in [0.3, 0.4) is 0 Å². The summed E-state index contributed by atoms with van der Waals surface area (Å²) in [5, 5.41) is 9.43. The first-order chi connectivity index (χ1) is 12.9. The molecule has 0 amide bonds. The van der Waals surface area contributed by atoms with Crippen molar-refractivity contribution in [1.82, 2.24) is 0 Å². The number of nitrogens with zero attached hydrogens (tertiary/aromatic N) is 1. The van der Waals surface area contributed by atoms with Crippen LogP contribution in [0, 0.1) is 18.3 Å². The summed E-state index contributed by atoms with van der Waals surface area (Å²) in [7, 11) is -2.35. The maximum atomic E-state index is 12.8. The van der Waals surface area contributed by atoms with E-state index in [1.54, 1.807) is 43.5 Å². The van der Waals surface area contributed by atoms with Gasteiger partial charge in [0, 0.05) is 0 Å². The van der Waals surface area contributed by atoms with Crippen molar-refractivity contribution in [2.75, 3.05) is 13.7 Å². The number of ether oxygens (including phenoxy) is 2. The molecule has 2 aromatic rings. The number of nitriles is 1. The Morgan fingerprint density at radius 2 is 1.85 bits per heavy atom. The molecule has 0 spiro atoms. The largest absolute Gasteiger partial charge is 0.493 e. The molecule has 0 radical (unpaired) electrons. The number of sulfone groups is 1. The van der Waals surface area contributed by atoms with Gasteiger partial charge < -0.3 is 9.47 Å². The van der Waals surface area contributed by atoms with E-state index >= 15 is 0 Å². The minimum absolute atomic E-state index is 0.0915. The van der Waals surface area contributed by atoms with Crippen molar-refractivity contribution >= 4 is 15.9 Å². The van der Waals surface area contributed by atoms with E-state index in [-0.39, 0.29) is 9.80 Å². The summed E-state index contributed by atoms with van der Waals surface area (Å²) in [5.41, 5.74) is 1.50. The first-order valence-corrected chi connectivity index (χ1v) is 10.1. The van der Waals surface area contributed by atoms with Crippen molar-refractivity contribution in [2.24, 2.45) is 0 Å². The Morgan fingerprint density at radius 1 is 1.15 bits per heavy atom. The molecule has 0 unspecified atom stereocenters. The minimum Gasteiger partial charge on any atom is -0.493 e. The quantitative estimate of drug-likeness (QED) is 0.493. The zero-order valence-corrected chi connectivity index (χ0v) is 16.5. The predicted molar refractivity (Wildman–Crippen MR) is 105 cm³/mol. The lowest BCUT2D eigenvalue weighted by Gasteiger charge is -2.11. The highest BCUT2D eigenvalue weighted by molar-refractivity contribution is 7.95. The first kappa shape index (κ1) is 20.5. The average molecular weight is 385 g/mol. The topological polar surface area (TPSA) is 76.4 Å². The fraction of sp³-hybridized carbons (Fsp3) is 0.286. The molecule has 0 saturated heterocycles. The van der Waals surface area contributed by atoms with Crippen LogP contribution in [0.5, 0.6) is 11.5 Å². The van der Waals surface area contributed by atoms with Gasteiger partial charge in [0.25, 0.3) is 0 Å². The van der Waals surface area contributed by atoms with Gasteiger partial charge in [-0.3, -0.25) is 0 Å².